The average Bonchev–Trinajstić information content (AvgIpc) is 2.97. The third kappa shape index (κ3) is 2.29. The van der Waals surface area contributed by atoms with E-state index in [0.717, 1.165) is 6.42 Å². The Morgan fingerprint density at radius 1 is 1.62 bits per heavy atom. The molecule has 2 nitrogen and oxygen atoms in total. The highest BCUT2D eigenvalue weighted by Crippen LogP contribution is 2.42. The van der Waals surface area contributed by atoms with Crippen LogP contribution in [0, 0.1) is 0 Å². The van der Waals surface area contributed by atoms with Gasteiger partial charge in [-0.3, -0.25) is 0 Å². The molecule has 0 spiro atoms. The molecule has 0 aliphatic carbocycles. The molecule has 16 heavy (non-hydrogen) atoms. The average molecular weight is 256 g/mol. The number of thiazole rings is 1. The minimum absolute atomic E-state index is 0.0675. The fourth-order valence-corrected chi connectivity index (χ4v) is 4.42. The van der Waals surface area contributed by atoms with Crippen molar-refractivity contribution in [3.05, 3.63) is 16.1 Å². The maximum absolute atomic E-state index is 5.87. The number of rotatable bonds is 4. The molecule has 0 aromatic carbocycles. The third-order valence-corrected chi connectivity index (χ3v) is 6.07. The number of aromatic nitrogens is 1. The van der Waals surface area contributed by atoms with Crippen molar-refractivity contribution in [1.82, 2.24) is 4.98 Å². The Hall–Kier alpha value is -0.0600. The van der Waals surface area contributed by atoms with E-state index in [9.17, 15) is 0 Å². The van der Waals surface area contributed by atoms with Crippen molar-refractivity contribution >= 4 is 23.1 Å². The summed E-state index contributed by atoms with van der Waals surface area (Å²) in [5.74, 6) is 1.29. The Labute approximate surface area is 106 Å². The molecule has 1 aliphatic heterocycles. The van der Waals surface area contributed by atoms with Crippen LogP contribution >= 0.6 is 23.1 Å². The molecule has 0 amide bonds. The summed E-state index contributed by atoms with van der Waals surface area (Å²) in [7, 11) is 0. The number of hydrogen-bond donors (Lipinski definition) is 1. The first-order chi connectivity index (χ1) is 7.69. The summed E-state index contributed by atoms with van der Waals surface area (Å²) in [5.41, 5.74) is 7.14. The number of nitrogens with two attached hydrogens (primary N) is 1. The first-order valence-corrected chi connectivity index (χ1v) is 7.90. The monoisotopic (exact) mass is 256 g/mol. The van der Waals surface area contributed by atoms with E-state index in [2.05, 4.69) is 31.0 Å². The van der Waals surface area contributed by atoms with Crippen LogP contribution in [0.2, 0.25) is 0 Å². The Balaban J connectivity index is 2.17. The van der Waals surface area contributed by atoms with Crippen molar-refractivity contribution in [3.63, 3.8) is 0 Å². The van der Waals surface area contributed by atoms with Crippen LogP contribution in [-0.4, -0.2) is 17.3 Å². The van der Waals surface area contributed by atoms with Crippen molar-refractivity contribution in [3.8, 4) is 0 Å². The van der Waals surface area contributed by atoms with Crippen LogP contribution in [0.15, 0.2) is 5.38 Å². The molecule has 90 valence electrons. The third-order valence-electron chi connectivity index (χ3n) is 3.58. The lowest BCUT2D eigenvalue weighted by Gasteiger charge is -2.23. The molecule has 1 saturated heterocycles. The van der Waals surface area contributed by atoms with Gasteiger partial charge in [-0.2, -0.15) is 11.8 Å². The highest BCUT2D eigenvalue weighted by atomic mass is 32.2. The lowest BCUT2D eigenvalue weighted by molar-refractivity contribution is 0.454. The highest BCUT2D eigenvalue weighted by Gasteiger charge is 2.28. The lowest BCUT2D eigenvalue weighted by atomic mass is 9.85. The van der Waals surface area contributed by atoms with Crippen LogP contribution in [-0.2, 0) is 5.41 Å². The van der Waals surface area contributed by atoms with E-state index in [1.807, 2.05) is 11.3 Å². The molecule has 1 aromatic rings. The standard InChI is InChI=1S/C12H20N2S2/c1-3-12(2,8-13)10-7-16-11(14-10)9-5-4-6-15-9/h7,9H,3-6,8,13H2,1-2H3. The zero-order chi connectivity index (χ0) is 11.6. The highest BCUT2D eigenvalue weighted by molar-refractivity contribution is 7.99. The van der Waals surface area contributed by atoms with Crippen molar-refractivity contribution < 1.29 is 0 Å². The van der Waals surface area contributed by atoms with Gasteiger partial charge in [0.1, 0.15) is 5.01 Å². The Morgan fingerprint density at radius 3 is 3.00 bits per heavy atom. The van der Waals surface area contributed by atoms with Crippen LogP contribution in [0.1, 0.15) is 49.1 Å². The predicted octanol–water partition coefficient (Wildman–Crippen LogP) is 3.34. The second kappa shape index (κ2) is 5.07. The summed E-state index contributed by atoms with van der Waals surface area (Å²) in [6.45, 7) is 5.09. The molecule has 0 bridgehead atoms. The normalized spacial score (nSPS) is 24.6. The van der Waals surface area contributed by atoms with Crippen LogP contribution in [0.4, 0.5) is 0 Å². The molecular formula is C12H20N2S2. The van der Waals surface area contributed by atoms with Crippen molar-refractivity contribution in [2.45, 2.75) is 43.8 Å². The Morgan fingerprint density at radius 2 is 2.44 bits per heavy atom. The van der Waals surface area contributed by atoms with E-state index in [1.54, 1.807) is 0 Å². The van der Waals surface area contributed by atoms with E-state index < -0.39 is 0 Å². The maximum atomic E-state index is 5.87. The van der Waals surface area contributed by atoms with Gasteiger partial charge in [-0.1, -0.05) is 13.8 Å². The fraction of sp³-hybridized carbons (Fsp3) is 0.750. The van der Waals surface area contributed by atoms with Gasteiger partial charge < -0.3 is 5.73 Å². The van der Waals surface area contributed by atoms with E-state index >= 15 is 0 Å². The van der Waals surface area contributed by atoms with Gasteiger partial charge in [0.25, 0.3) is 0 Å². The summed E-state index contributed by atoms with van der Waals surface area (Å²) in [5, 5.41) is 4.17. The molecule has 2 rings (SSSR count). The van der Waals surface area contributed by atoms with E-state index in [-0.39, 0.29) is 5.41 Å². The lowest BCUT2D eigenvalue weighted by Crippen LogP contribution is -2.31. The van der Waals surface area contributed by atoms with E-state index in [0.29, 0.717) is 11.8 Å². The first kappa shape index (κ1) is 12.4. The van der Waals surface area contributed by atoms with Gasteiger partial charge in [0.15, 0.2) is 0 Å². The molecule has 0 radical (unpaired) electrons. The molecule has 1 fully saturated rings. The van der Waals surface area contributed by atoms with Gasteiger partial charge in [0.05, 0.1) is 10.9 Å². The predicted molar refractivity (Wildman–Crippen MR) is 73.2 cm³/mol. The molecule has 2 unspecified atom stereocenters. The van der Waals surface area contributed by atoms with Gasteiger partial charge in [-0.25, -0.2) is 4.98 Å². The van der Waals surface area contributed by atoms with Crippen LogP contribution in [0.3, 0.4) is 0 Å². The molecule has 0 saturated carbocycles. The van der Waals surface area contributed by atoms with Gasteiger partial charge in [0.2, 0.25) is 0 Å². The summed E-state index contributed by atoms with van der Waals surface area (Å²) < 4.78 is 0. The summed E-state index contributed by atoms with van der Waals surface area (Å²) >= 11 is 3.87. The van der Waals surface area contributed by atoms with Crippen molar-refractivity contribution in [2.75, 3.05) is 12.3 Å². The smallest absolute Gasteiger partial charge is 0.106 e. The first-order valence-electron chi connectivity index (χ1n) is 5.97. The van der Waals surface area contributed by atoms with Gasteiger partial charge in [-0.15, -0.1) is 11.3 Å². The SMILES string of the molecule is CCC(C)(CN)c1csc(C2CCCS2)n1. The van der Waals surface area contributed by atoms with E-state index in [1.165, 1.54) is 29.3 Å². The van der Waals surface area contributed by atoms with E-state index in [4.69, 9.17) is 10.7 Å². The molecule has 2 atom stereocenters. The zero-order valence-corrected chi connectivity index (χ0v) is 11.7. The van der Waals surface area contributed by atoms with Crippen LogP contribution in [0.5, 0.6) is 0 Å². The molecule has 1 aliphatic rings. The molecule has 1 aromatic heterocycles. The van der Waals surface area contributed by atoms with Crippen LogP contribution < -0.4 is 5.73 Å². The number of thioether (sulfide) groups is 1. The molecule has 2 heterocycles. The Bertz CT molecular complexity index is 339. The second-order valence-electron chi connectivity index (χ2n) is 4.69. The molecule has 2 N–H and O–H groups in total. The second-order valence-corrected chi connectivity index (χ2v) is 6.89. The quantitative estimate of drug-likeness (QED) is 0.898. The minimum atomic E-state index is 0.0675. The minimum Gasteiger partial charge on any atom is -0.330 e. The van der Waals surface area contributed by atoms with Gasteiger partial charge in [0, 0.05) is 17.3 Å². The molecular weight excluding hydrogens is 236 g/mol. The zero-order valence-electron chi connectivity index (χ0n) is 10.0. The fourth-order valence-electron chi connectivity index (χ4n) is 1.92. The number of nitrogens with zero attached hydrogens (tertiary/aromatic N) is 1. The largest absolute Gasteiger partial charge is 0.330 e. The molecule has 4 heteroatoms. The van der Waals surface area contributed by atoms with Crippen molar-refractivity contribution in [2.24, 2.45) is 5.73 Å². The summed E-state index contributed by atoms with van der Waals surface area (Å²) in [6, 6.07) is 0. The van der Waals surface area contributed by atoms with Crippen molar-refractivity contribution in [1.29, 1.82) is 0 Å². The van der Waals surface area contributed by atoms with Crippen LogP contribution in [0.25, 0.3) is 0 Å². The topological polar surface area (TPSA) is 38.9 Å². The van der Waals surface area contributed by atoms with Gasteiger partial charge in [-0.05, 0) is 25.0 Å². The Kier molecular flexibility index (Phi) is 3.93. The summed E-state index contributed by atoms with van der Waals surface area (Å²) in [4.78, 5) is 4.82. The number of hydrogen-bond acceptors (Lipinski definition) is 4. The summed E-state index contributed by atoms with van der Waals surface area (Å²) in [6.07, 6.45) is 3.69. The van der Waals surface area contributed by atoms with Gasteiger partial charge >= 0.3 is 0 Å². The maximum Gasteiger partial charge on any atom is 0.106 e.